The van der Waals surface area contributed by atoms with Crippen LogP contribution in [-0.2, 0) is 4.79 Å². The number of halogens is 1. The second-order valence-electron chi connectivity index (χ2n) is 9.23. The van der Waals surface area contributed by atoms with Crippen LogP contribution in [0, 0.1) is 12.8 Å². The molecule has 4 fully saturated rings. The highest BCUT2D eigenvalue weighted by Crippen LogP contribution is 2.51. The van der Waals surface area contributed by atoms with Crippen LogP contribution in [0.2, 0.25) is 5.02 Å². The topological polar surface area (TPSA) is 56.3 Å². The first-order valence-corrected chi connectivity index (χ1v) is 10.5. The predicted molar refractivity (Wildman–Crippen MR) is 107 cm³/mol. The monoisotopic (exact) mass is 386 g/mol. The lowest BCUT2D eigenvalue weighted by Crippen LogP contribution is -2.65. The molecule has 2 N–H and O–H groups in total. The maximum atomic E-state index is 13.2. The van der Waals surface area contributed by atoms with Gasteiger partial charge in [-0.3, -0.25) is 4.79 Å². The quantitative estimate of drug-likeness (QED) is 0.814. The normalized spacial score (nSPS) is 33.0. The van der Waals surface area contributed by atoms with Gasteiger partial charge in [-0.1, -0.05) is 18.5 Å². The van der Waals surface area contributed by atoms with Crippen LogP contribution in [0.25, 0.3) is 10.9 Å². The molecule has 4 nitrogen and oxygen atoms in total. The molecule has 6 rings (SSSR count). The molecule has 2 aliphatic carbocycles. The van der Waals surface area contributed by atoms with E-state index in [1.54, 1.807) is 0 Å². The van der Waals surface area contributed by atoms with E-state index in [0.717, 1.165) is 53.6 Å². The van der Waals surface area contributed by atoms with E-state index in [1.165, 1.54) is 5.56 Å². The second kappa shape index (κ2) is 5.99. The van der Waals surface area contributed by atoms with Gasteiger partial charge in [0.2, 0.25) is 5.91 Å². The zero-order valence-corrected chi connectivity index (χ0v) is 16.7. The number of aromatic nitrogens is 1. The van der Waals surface area contributed by atoms with Crippen LogP contribution < -0.4 is 0 Å². The van der Waals surface area contributed by atoms with Gasteiger partial charge in [0.15, 0.2) is 0 Å². The number of nitrogens with one attached hydrogen (secondary N) is 1. The minimum atomic E-state index is -0.510. The maximum Gasteiger partial charge on any atom is 0.223 e. The van der Waals surface area contributed by atoms with Crippen LogP contribution in [0.15, 0.2) is 18.3 Å². The number of piperidine rings is 2. The summed E-state index contributed by atoms with van der Waals surface area (Å²) in [6.07, 6.45) is 7.15. The number of nitrogens with zero attached hydrogens (tertiary/aromatic N) is 1. The van der Waals surface area contributed by atoms with Gasteiger partial charge in [0.1, 0.15) is 0 Å². The van der Waals surface area contributed by atoms with E-state index in [1.807, 2.05) is 25.3 Å². The highest BCUT2D eigenvalue weighted by Gasteiger charge is 2.54. The summed E-state index contributed by atoms with van der Waals surface area (Å²) in [7, 11) is 0. The van der Waals surface area contributed by atoms with Gasteiger partial charge in [0, 0.05) is 40.6 Å². The van der Waals surface area contributed by atoms with Crippen molar-refractivity contribution in [2.45, 2.75) is 76.0 Å². The fourth-order valence-electron chi connectivity index (χ4n) is 6.27. The Morgan fingerprint density at radius 3 is 2.70 bits per heavy atom. The molecular formula is C22H27ClN2O2. The van der Waals surface area contributed by atoms with Crippen LogP contribution >= 0.6 is 11.6 Å². The molecule has 2 aliphatic heterocycles. The molecule has 1 aromatic heterocycles. The molecule has 4 bridgehead atoms. The van der Waals surface area contributed by atoms with Gasteiger partial charge in [-0.25, -0.2) is 0 Å². The number of aliphatic hydroxyl groups is 1. The summed E-state index contributed by atoms with van der Waals surface area (Å²) in [5.74, 6) is 0.977. The Hall–Kier alpha value is -1.52. The van der Waals surface area contributed by atoms with Crippen molar-refractivity contribution in [1.29, 1.82) is 0 Å². The highest BCUT2D eigenvalue weighted by molar-refractivity contribution is 6.32. The number of H-pyrrole nitrogens is 1. The number of hydrogen-bond acceptors (Lipinski definition) is 2. The Morgan fingerprint density at radius 1 is 1.33 bits per heavy atom. The van der Waals surface area contributed by atoms with Crippen molar-refractivity contribution in [1.82, 2.24) is 9.88 Å². The molecule has 2 saturated carbocycles. The Balaban J connectivity index is 1.38. The van der Waals surface area contributed by atoms with Gasteiger partial charge in [-0.2, -0.15) is 0 Å². The largest absolute Gasteiger partial charge is 0.390 e. The molecule has 5 atom stereocenters. The summed E-state index contributed by atoms with van der Waals surface area (Å²) in [5, 5.41) is 12.7. The predicted octanol–water partition coefficient (Wildman–Crippen LogP) is 4.53. The lowest BCUT2D eigenvalue weighted by Gasteiger charge is -2.59. The van der Waals surface area contributed by atoms with E-state index in [9.17, 15) is 9.90 Å². The fraction of sp³-hybridized carbons (Fsp3) is 0.591. The van der Waals surface area contributed by atoms with Gasteiger partial charge in [-0.05, 0) is 74.1 Å². The van der Waals surface area contributed by atoms with E-state index in [4.69, 9.17) is 11.6 Å². The lowest BCUT2D eigenvalue weighted by atomic mass is 9.61. The number of rotatable bonds is 3. The van der Waals surface area contributed by atoms with Crippen LogP contribution in [0.3, 0.4) is 0 Å². The molecule has 27 heavy (non-hydrogen) atoms. The molecule has 2 aromatic rings. The molecule has 1 amide bonds. The third-order valence-corrected chi connectivity index (χ3v) is 7.68. The number of fused-ring (bicyclic) bond motifs is 1. The first kappa shape index (κ1) is 17.6. The van der Waals surface area contributed by atoms with E-state index in [0.29, 0.717) is 12.3 Å². The van der Waals surface area contributed by atoms with Gasteiger partial charge in [0.25, 0.3) is 0 Å². The lowest BCUT2D eigenvalue weighted by molar-refractivity contribution is -0.174. The van der Waals surface area contributed by atoms with Gasteiger partial charge in [0.05, 0.1) is 5.60 Å². The van der Waals surface area contributed by atoms with Crippen molar-refractivity contribution in [3.8, 4) is 0 Å². The van der Waals surface area contributed by atoms with E-state index < -0.39 is 5.60 Å². The number of hydrogen-bond donors (Lipinski definition) is 2. The maximum absolute atomic E-state index is 13.2. The minimum absolute atomic E-state index is 0.128. The van der Waals surface area contributed by atoms with Crippen LogP contribution in [0.1, 0.15) is 62.5 Å². The number of carbonyl (C=O) groups excluding carboxylic acids is 1. The van der Waals surface area contributed by atoms with Crippen LogP contribution in [0.5, 0.6) is 0 Å². The Labute approximate surface area is 164 Å². The number of aryl methyl sites for hydroxylation is 1. The average molecular weight is 387 g/mol. The van der Waals surface area contributed by atoms with Crippen LogP contribution in [-0.4, -0.2) is 38.6 Å². The molecular weight excluding hydrogens is 360 g/mol. The van der Waals surface area contributed by atoms with E-state index >= 15 is 0 Å². The van der Waals surface area contributed by atoms with Gasteiger partial charge < -0.3 is 15.0 Å². The molecule has 4 unspecified atom stereocenters. The molecule has 2 saturated heterocycles. The Morgan fingerprint density at radius 2 is 2.04 bits per heavy atom. The number of amides is 1. The summed E-state index contributed by atoms with van der Waals surface area (Å²) < 4.78 is 0. The Kier molecular flexibility index (Phi) is 3.90. The Bertz CT molecular complexity index is 904. The smallest absolute Gasteiger partial charge is 0.223 e. The number of benzene rings is 1. The van der Waals surface area contributed by atoms with Crippen molar-refractivity contribution in [3.05, 3.63) is 34.5 Å². The molecule has 0 spiro atoms. The van der Waals surface area contributed by atoms with E-state index in [2.05, 4.69) is 16.8 Å². The first-order chi connectivity index (χ1) is 12.8. The fourth-order valence-corrected chi connectivity index (χ4v) is 6.42. The molecule has 0 radical (unpaired) electrons. The van der Waals surface area contributed by atoms with Crippen LogP contribution in [0.4, 0.5) is 0 Å². The summed E-state index contributed by atoms with van der Waals surface area (Å²) in [6, 6.07) is 4.39. The summed E-state index contributed by atoms with van der Waals surface area (Å²) in [4.78, 5) is 18.7. The summed E-state index contributed by atoms with van der Waals surface area (Å²) >= 11 is 6.33. The molecule has 1 aromatic carbocycles. The molecule has 4 aliphatic rings. The SMILES string of the molecule is Cc1c(Cl)ccc2[nH]cc(C(C)CC(=O)N3C4CC5C[C@H]3CC(O)(C5)C4)c12. The van der Waals surface area contributed by atoms with Gasteiger partial charge in [-0.15, -0.1) is 0 Å². The van der Waals surface area contributed by atoms with Gasteiger partial charge >= 0.3 is 0 Å². The van der Waals surface area contributed by atoms with Crippen molar-refractivity contribution < 1.29 is 9.90 Å². The first-order valence-electron chi connectivity index (χ1n) is 10.1. The zero-order chi connectivity index (χ0) is 18.9. The highest BCUT2D eigenvalue weighted by atomic mass is 35.5. The minimum Gasteiger partial charge on any atom is -0.390 e. The average Bonchev–Trinajstić information content (AvgIpc) is 3.01. The number of aromatic amines is 1. The second-order valence-corrected chi connectivity index (χ2v) is 9.63. The van der Waals surface area contributed by atoms with Crippen molar-refractivity contribution in [2.75, 3.05) is 0 Å². The summed E-state index contributed by atoms with van der Waals surface area (Å²) in [6.45, 7) is 4.17. The third-order valence-electron chi connectivity index (χ3n) is 7.27. The van der Waals surface area contributed by atoms with E-state index in [-0.39, 0.29) is 23.9 Å². The molecule has 3 heterocycles. The standard InChI is InChI=1S/C22H27ClN2O2/c1-12(17-11-24-19-4-3-18(23)13(2)21(17)19)5-20(26)25-15-6-14-7-16(25)10-22(27,8-14)9-15/h3-4,11-12,14-16,24,27H,5-10H2,1-2H3/t12?,14?,15-,16?,22?/m0/s1. The van der Waals surface area contributed by atoms with Crippen molar-refractivity contribution >= 4 is 28.4 Å². The molecule has 5 heteroatoms. The summed E-state index contributed by atoms with van der Waals surface area (Å²) in [5.41, 5.74) is 2.80. The zero-order valence-electron chi connectivity index (χ0n) is 16.0. The third kappa shape index (κ3) is 2.72. The van der Waals surface area contributed by atoms with Crippen molar-refractivity contribution in [3.63, 3.8) is 0 Å². The number of carbonyl (C=O) groups is 1. The molecule has 144 valence electrons. The van der Waals surface area contributed by atoms with Crippen molar-refractivity contribution in [2.24, 2.45) is 5.92 Å².